The number of aliphatic hydroxyl groups is 1. The van der Waals surface area contributed by atoms with Gasteiger partial charge in [0.15, 0.2) is 0 Å². The Morgan fingerprint density at radius 1 is 1.10 bits per heavy atom. The minimum absolute atomic E-state index is 0.00818. The lowest BCUT2D eigenvalue weighted by Crippen LogP contribution is -2.35. The van der Waals surface area contributed by atoms with Gasteiger partial charge in [0.1, 0.15) is 6.17 Å². The van der Waals surface area contributed by atoms with Gasteiger partial charge >= 0.3 is 0 Å². The normalized spacial score (nSPS) is 20.3. The molecule has 0 amide bonds. The van der Waals surface area contributed by atoms with E-state index in [9.17, 15) is 5.11 Å². The van der Waals surface area contributed by atoms with E-state index in [4.69, 9.17) is 4.99 Å². The van der Waals surface area contributed by atoms with Gasteiger partial charge in [-0.1, -0.05) is 60.7 Å². The largest absolute Gasteiger partial charge is 0.394 e. The Morgan fingerprint density at radius 3 is 2.33 bits per heavy atom. The number of aliphatic hydroxyl groups excluding tert-OH is 1. The fourth-order valence-corrected chi connectivity index (χ4v) is 2.89. The number of aliphatic imine (C=N–C) groups is 1. The second kappa shape index (κ2) is 6.20. The maximum Gasteiger partial charge on any atom is 0.100 e. The van der Waals surface area contributed by atoms with Crippen LogP contribution >= 0.6 is 0 Å². The molecule has 3 rings (SSSR count). The van der Waals surface area contributed by atoms with E-state index in [0.29, 0.717) is 0 Å². The van der Waals surface area contributed by atoms with Gasteiger partial charge < -0.3 is 5.11 Å². The molecule has 2 atom stereocenters. The maximum absolute atomic E-state index is 9.82. The first-order valence-electron chi connectivity index (χ1n) is 7.33. The monoisotopic (exact) mass is 280 g/mol. The molecule has 1 heterocycles. The van der Waals surface area contributed by atoms with Crippen molar-refractivity contribution in [2.75, 3.05) is 13.2 Å². The van der Waals surface area contributed by atoms with Crippen LogP contribution in [0.5, 0.6) is 0 Å². The van der Waals surface area contributed by atoms with E-state index >= 15 is 0 Å². The summed E-state index contributed by atoms with van der Waals surface area (Å²) in [6.07, 6.45) is 0.0811. The minimum Gasteiger partial charge on any atom is -0.394 e. The van der Waals surface area contributed by atoms with Crippen LogP contribution in [0.25, 0.3) is 0 Å². The Labute approximate surface area is 125 Å². The molecule has 1 N–H and O–H groups in total. The lowest BCUT2D eigenvalue weighted by atomic mass is 10.0. The topological polar surface area (TPSA) is 35.8 Å². The SMILES string of the molecule is C[C@@H]1N=C(c2ccccc2)CN1[C@@H](CO)c1ccccc1. The molecule has 0 bridgehead atoms. The average molecular weight is 280 g/mol. The van der Waals surface area contributed by atoms with Crippen molar-refractivity contribution in [1.29, 1.82) is 0 Å². The fourth-order valence-electron chi connectivity index (χ4n) is 2.89. The van der Waals surface area contributed by atoms with Gasteiger partial charge in [0.2, 0.25) is 0 Å². The van der Waals surface area contributed by atoms with Crippen LogP contribution in [-0.4, -0.2) is 35.0 Å². The highest BCUT2D eigenvalue weighted by molar-refractivity contribution is 6.03. The maximum atomic E-state index is 9.82. The molecule has 3 nitrogen and oxygen atoms in total. The van der Waals surface area contributed by atoms with Crippen LogP contribution in [0.3, 0.4) is 0 Å². The van der Waals surface area contributed by atoms with Crippen LogP contribution in [0.15, 0.2) is 65.7 Å². The summed E-state index contributed by atoms with van der Waals surface area (Å²) in [5.74, 6) is 0. The van der Waals surface area contributed by atoms with Crippen molar-refractivity contribution < 1.29 is 5.11 Å². The number of nitrogens with zero attached hydrogens (tertiary/aromatic N) is 2. The molecule has 0 saturated carbocycles. The zero-order chi connectivity index (χ0) is 14.7. The predicted molar refractivity (Wildman–Crippen MR) is 85.4 cm³/mol. The van der Waals surface area contributed by atoms with Gasteiger partial charge in [0, 0.05) is 6.54 Å². The van der Waals surface area contributed by atoms with Crippen molar-refractivity contribution >= 4 is 5.71 Å². The Morgan fingerprint density at radius 2 is 1.71 bits per heavy atom. The molecule has 1 aliphatic rings. The van der Waals surface area contributed by atoms with Gasteiger partial charge in [-0.25, -0.2) is 0 Å². The van der Waals surface area contributed by atoms with E-state index in [1.807, 2.05) is 36.4 Å². The van der Waals surface area contributed by atoms with Crippen molar-refractivity contribution in [3.63, 3.8) is 0 Å². The van der Waals surface area contributed by atoms with Crippen molar-refractivity contribution in [3.05, 3.63) is 71.8 Å². The lowest BCUT2D eigenvalue weighted by Gasteiger charge is -2.29. The first-order valence-corrected chi connectivity index (χ1v) is 7.33. The van der Waals surface area contributed by atoms with E-state index in [-0.39, 0.29) is 18.8 Å². The molecule has 0 fully saturated rings. The highest BCUT2D eigenvalue weighted by Gasteiger charge is 2.30. The first-order chi connectivity index (χ1) is 10.3. The third-order valence-electron chi connectivity index (χ3n) is 4.02. The Balaban J connectivity index is 1.82. The fraction of sp³-hybridized carbons (Fsp3) is 0.278. The van der Waals surface area contributed by atoms with Gasteiger partial charge in [-0.05, 0) is 18.1 Å². The molecular formula is C18H20N2O. The molecule has 0 aromatic heterocycles. The van der Waals surface area contributed by atoms with Crippen LogP contribution < -0.4 is 0 Å². The van der Waals surface area contributed by atoms with E-state index < -0.39 is 0 Å². The number of benzene rings is 2. The summed E-state index contributed by atoms with van der Waals surface area (Å²) in [4.78, 5) is 7.01. The summed E-state index contributed by atoms with van der Waals surface area (Å²) in [7, 11) is 0. The Hall–Kier alpha value is -1.97. The van der Waals surface area contributed by atoms with E-state index in [0.717, 1.165) is 23.4 Å². The van der Waals surface area contributed by atoms with Crippen LogP contribution in [0.2, 0.25) is 0 Å². The molecule has 0 spiro atoms. The summed E-state index contributed by atoms with van der Waals surface area (Å²) >= 11 is 0. The molecule has 2 aromatic carbocycles. The van der Waals surface area contributed by atoms with Gasteiger partial charge in [-0.2, -0.15) is 0 Å². The summed E-state index contributed by atoms with van der Waals surface area (Å²) in [6, 6.07) is 20.4. The average Bonchev–Trinajstić information content (AvgIpc) is 2.92. The van der Waals surface area contributed by atoms with E-state index in [1.165, 1.54) is 0 Å². The molecule has 0 unspecified atom stereocenters. The summed E-state index contributed by atoms with van der Waals surface area (Å²) < 4.78 is 0. The molecule has 0 saturated heterocycles. The molecule has 0 aliphatic carbocycles. The van der Waals surface area contributed by atoms with E-state index in [1.54, 1.807) is 0 Å². The Bertz CT molecular complexity index is 610. The van der Waals surface area contributed by atoms with Crippen molar-refractivity contribution in [2.45, 2.75) is 19.1 Å². The van der Waals surface area contributed by atoms with Gasteiger partial charge in [0.05, 0.1) is 18.4 Å². The summed E-state index contributed by atoms with van der Waals surface area (Å²) in [5.41, 5.74) is 3.39. The lowest BCUT2D eigenvalue weighted by molar-refractivity contribution is 0.118. The highest BCUT2D eigenvalue weighted by Crippen LogP contribution is 2.27. The van der Waals surface area contributed by atoms with E-state index in [2.05, 4.69) is 36.1 Å². The molecule has 2 aromatic rings. The Kier molecular flexibility index (Phi) is 4.13. The molecule has 1 aliphatic heterocycles. The van der Waals surface area contributed by atoms with Gasteiger partial charge in [-0.3, -0.25) is 9.89 Å². The van der Waals surface area contributed by atoms with Crippen LogP contribution in [0.4, 0.5) is 0 Å². The smallest absolute Gasteiger partial charge is 0.100 e. The van der Waals surface area contributed by atoms with Crippen LogP contribution in [0, 0.1) is 0 Å². The number of hydrogen-bond acceptors (Lipinski definition) is 3. The van der Waals surface area contributed by atoms with Crippen molar-refractivity contribution in [1.82, 2.24) is 4.90 Å². The quantitative estimate of drug-likeness (QED) is 0.934. The van der Waals surface area contributed by atoms with Crippen LogP contribution in [-0.2, 0) is 0 Å². The second-order valence-corrected chi connectivity index (χ2v) is 5.36. The molecular weight excluding hydrogens is 260 g/mol. The predicted octanol–water partition coefficient (Wildman–Crippen LogP) is 2.87. The number of hydrogen-bond donors (Lipinski definition) is 1. The standard InChI is InChI=1S/C18H20N2O/c1-14-19-17(15-8-4-2-5-9-15)12-20(14)18(13-21)16-10-6-3-7-11-16/h2-11,14,18,21H,12-13H2,1H3/t14-,18+/m1/s1. The van der Waals surface area contributed by atoms with Crippen molar-refractivity contribution in [2.24, 2.45) is 4.99 Å². The molecule has 3 heteroatoms. The zero-order valence-electron chi connectivity index (χ0n) is 12.2. The summed E-state index contributed by atoms with van der Waals surface area (Å²) in [5, 5.41) is 9.82. The first kappa shape index (κ1) is 14.0. The second-order valence-electron chi connectivity index (χ2n) is 5.36. The third kappa shape index (κ3) is 2.89. The zero-order valence-corrected chi connectivity index (χ0v) is 12.2. The third-order valence-corrected chi connectivity index (χ3v) is 4.02. The molecule has 108 valence electrons. The molecule has 0 radical (unpaired) electrons. The van der Waals surface area contributed by atoms with Gasteiger partial charge in [0.25, 0.3) is 0 Å². The number of rotatable bonds is 4. The molecule has 21 heavy (non-hydrogen) atoms. The van der Waals surface area contributed by atoms with Gasteiger partial charge in [-0.15, -0.1) is 0 Å². The summed E-state index contributed by atoms with van der Waals surface area (Å²) in [6.45, 7) is 2.96. The minimum atomic E-state index is -0.00818. The highest BCUT2D eigenvalue weighted by atomic mass is 16.3. The van der Waals surface area contributed by atoms with Crippen molar-refractivity contribution in [3.8, 4) is 0 Å². The van der Waals surface area contributed by atoms with Crippen LogP contribution in [0.1, 0.15) is 24.1 Å².